The lowest BCUT2D eigenvalue weighted by Crippen LogP contribution is -2.41. The van der Waals surface area contributed by atoms with E-state index in [1.54, 1.807) is 12.1 Å². The first-order valence-electron chi connectivity index (χ1n) is 7.60. The minimum Gasteiger partial charge on any atom is -0.426 e. The molecule has 120 valence electrons. The van der Waals surface area contributed by atoms with Gasteiger partial charge in [0, 0.05) is 0 Å². The van der Waals surface area contributed by atoms with Gasteiger partial charge in [-0.25, -0.2) is 0 Å². The summed E-state index contributed by atoms with van der Waals surface area (Å²) in [4.78, 5) is 11.9. The van der Waals surface area contributed by atoms with Gasteiger partial charge in [-0.3, -0.25) is 4.79 Å². The van der Waals surface area contributed by atoms with E-state index in [4.69, 9.17) is 14.0 Å². The van der Waals surface area contributed by atoms with Crippen LogP contribution in [0.3, 0.4) is 0 Å². The summed E-state index contributed by atoms with van der Waals surface area (Å²) in [6, 6.07) is 7.27. The molecule has 0 aliphatic carbocycles. The molecule has 0 bridgehead atoms. The first kappa shape index (κ1) is 17.0. The van der Waals surface area contributed by atoms with Crippen LogP contribution in [0.15, 0.2) is 24.3 Å². The summed E-state index contributed by atoms with van der Waals surface area (Å²) in [5.41, 5.74) is -0.344. The van der Waals surface area contributed by atoms with Gasteiger partial charge in [0.2, 0.25) is 0 Å². The molecule has 1 aliphatic heterocycles. The molecular weight excluding hydrogens is 279 g/mol. The van der Waals surface area contributed by atoms with Crippen LogP contribution in [0.25, 0.3) is 0 Å². The summed E-state index contributed by atoms with van der Waals surface area (Å²) in [6.07, 6.45) is 0. The molecule has 1 aliphatic rings. The predicted octanol–water partition coefficient (Wildman–Crippen LogP) is 2.94. The van der Waals surface area contributed by atoms with Gasteiger partial charge >= 0.3 is 13.1 Å². The van der Waals surface area contributed by atoms with Crippen LogP contribution in [-0.4, -0.2) is 24.3 Å². The summed E-state index contributed by atoms with van der Waals surface area (Å²) in [5.74, 6) is 0.274. The first-order valence-corrected chi connectivity index (χ1v) is 7.60. The normalized spacial score (nSPS) is 20.0. The first-order chi connectivity index (χ1) is 9.92. The number of carbonyl (C=O) groups excluding carboxylic acids is 1. The molecule has 1 fully saturated rings. The van der Waals surface area contributed by atoms with E-state index in [1.165, 1.54) is 0 Å². The van der Waals surface area contributed by atoms with Crippen LogP contribution in [0, 0.1) is 5.41 Å². The molecule has 0 spiro atoms. The van der Waals surface area contributed by atoms with E-state index in [0.717, 1.165) is 5.46 Å². The molecule has 0 aromatic heterocycles. The Morgan fingerprint density at radius 1 is 1.00 bits per heavy atom. The van der Waals surface area contributed by atoms with Crippen LogP contribution in [0.1, 0.15) is 48.5 Å². The van der Waals surface area contributed by atoms with Gasteiger partial charge in [0.15, 0.2) is 0 Å². The predicted molar refractivity (Wildman–Crippen MR) is 87.2 cm³/mol. The van der Waals surface area contributed by atoms with E-state index < -0.39 is 12.5 Å². The van der Waals surface area contributed by atoms with Crippen molar-refractivity contribution in [3.05, 3.63) is 24.3 Å². The van der Waals surface area contributed by atoms with Crippen LogP contribution < -0.4 is 10.2 Å². The molecule has 5 heteroatoms. The fourth-order valence-electron chi connectivity index (χ4n) is 1.93. The highest BCUT2D eigenvalue weighted by Crippen LogP contribution is 2.36. The molecule has 0 N–H and O–H groups in total. The number of ether oxygens (including phenoxy) is 1. The van der Waals surface area contributed by atoms with Crippen molar-refractivity contribution in [1.29, 1.82) is 0 Å². The molecule has 22 heavy (non-hydrogen) atoms. The average Bonchev–Trinajstić information content (AvgIpc) is 2.58. The van der Waals surface area contributed by atoms with E-state index in [2.05, 4.69) is 0 Å². The second kappa shape index (κ2) is 5.39. The number of hydrogen-bond donors (Lipinski definition) is 0. The highest BCUT2D eigenvalue weighted by molar-refractivity contribution is 6.62. The lowest BCUT2D eigenvalue weighted by atomic mass is 9.79. The van der Waals surface area contributed by atoms with Gasteiger partial charge in [-0.1, -0.05) is 12.1 Å². The van der Waals surface area contributed by atoms with Crippen LogP contribution in [0.5, 0.6) is 5.75 Å². The Morgan fingerprint density at radius 3 is 1.86 bits per heavy atom. The lowest BCUT2D eigenvalue weighted by molar-refractivity contribution is -0.142. The van der Waals surface area contributed by atoms with Gasteiger partial charge in [-0.05, 0) is 66.1 Å². The Morgan fingerprint density at radius 2 is 1.45 bits per heavy atom. The highest BCUT2D eigenvalue weighted by Gasteiger charge is 2.51. The molecule has 1 aromatic carbocycles. The fourth-order valence-corrected chi connectivity index (χ4v) is 1.93. The molecule has 1 aromatic rings. The number of rotatable bonds is 2. The Kier molecular flexibility index (Phi) is 4.17. The smallest absolute Gasteiger partial charge is 0.426 e. The molecule has 0 radical (unpaired) electrons. The third-order valence-electron chi connectivity index (χ3n) is 4.23. The zero-order valence-corrected chi connectivity index (χ0v) is 14.5. The van der Waals surface area contributed by atoms with Crippen molar-refractivity contribution in [2.75, 3.05) is 0 Å². The number of benzene rings is 1. The fraction of sp³-hybridized carbons (Fsp3) is 0.588. The molecule has 4 nitrogen and oxygen atoms in total. The molecule has 0 unspecified atom stereocenters. The molecule has 0 saturated carbocycles. The summed E-state index contributed by atoms with van der Waals surface area (Å²) in [5, 5.41) is 0. The van der Waals surface area contributed by atoms with E-state index in [9.17, 15) is 4.79 Å². The Hall–Kier alpha value is -1.33. The van der Waals surface area contributed by atoms with Crippen LogP contribution in [-0.2, 0) is 14.1 Å². The van der Waals surface area contributed by atoms with Crippen molar-refractivity contribution in [2.24, 2.45) is 5.41 Å². The Bertz CT molecular complexity index is 539. The van der Waals surface area contributed by atoms with Gasteiger partial charge in [0.25, 0.3) is 0 Å². The summed E-state index contributed by atoms with van der Waals surface area (Å²) in [7, 11) is -0.405. The van der Waals surface area contributed by atoms with E-state index in [0.29, 0.717) is 5.75 Å². The number of esters is 1. The molecule has 0 atom stereocenters. The largest absolute Gasteiger partial charge is 0.494 e. The summed E-state index contributed by atoms with van der Waals surface area (Å²) in [6.45, 7) is 13.6. The molecule has 1 heterocycles. The summed E-state index contributed by atoms with van der Waals surface area (Å²) < 4.78 is 17.3. The Labute approximate surface area is 133 Å². The van der Waals surface area contributed by atoms with Crippen molar-refractivity contribution < 1.29 is 18.8 Å². The second-order valence-corrected chi connectivity index (χ2v) is 7.80. The van der Waals surface area contributed by atoms with Crippen molar-refractivity contribution in [1.82, 2.24) is 0 Å². The zero-order valence-electron chi connectivity index (χ0n) is 14.5. The summed E-state index contributed by atoms with van der Waals surface area (Å²) >= 11 is 0. The van der Waals surface area contributed by atoms with Gasteiger partial charge in [-0.15, -0.1) is 0 Å². The minimum atomic E-state index is -0.523. The quantitative estimate of drug-likeness (QED) is 0.479. The van der Waals surface area contributed by atoms with Crippen LogP contribution >= 0.6 is 0 Å². The van der Waals surface area contributed by atoms with Crippen LogP contribution in [0.2, 0.25) is 0 Å². The van der Waals surface area contributed by atoms with Crippen molar-refractivity contribution in [2.45, 2.75) is 59.7 Å². The van der Waals surface area contributed by atoms with E-state index in [1.807, 2.05) is 60.6 Å². The maximum absolute atomic E-state index is 11.9. The second-order valence-electron chi connectivity index (χ2n) is 7.80. The topological polar surface area (TPSA) is 44.8 Å². The van der Waals surface area contributed by atoms with E-state index >= 15 is 0 Å². The monoisotopic (exact) mass is 304 g/mol. The van der Waals surface area contributed by atoms with Crippen LogP contribution in [0.4, 0.5) is 0 Å². The van der Waals surface area contributed by atoms with Crippen molar-refractivity contribution in [3.8, 4) is 5.75 Å². The lowest BCUT2D eigenvalue weighted by Gasteiger charge is -2.32. The van der Waals surface area contributed by atoms with Gasteiger partial charge in [0.05, 0.1) is 16.6 Å². The third kappa shape index (κ3) is 3.36. The molecule has 1 saturated heterocycles. The molecule has 2 rings (SSSR count). The maximum atomic E-state index is 11.9. The average molecular weight is 304 g/mol. The third-order valence-corrected chi connectivity index (χ3v) is 4.23. The minimum absolute atomic E-state index is 0.254. The zero-order chi connectivity index (χ0) is 16.8. The maximum Gasteiger partial charge on any atom is 0.494 e. The number of hydrogen-bond acceptors (Lipinski definition) is 4. The van der Waals surface area contributed by atoms with E-state index in [-0.39, 0.29) is 17.2 Å². The highest BCUT2D eigenvalue weighted by atomic mass is 16.7. The molecule has 0 amide bonds. The van der Waals surface area contributed by atoms with Crippen molar-refractivity contribution >= 4 is 18.6 Å². The SMILES string of the molecule is CC(C)(C)C(=O)Oc1ccc(B2OC(C)(C)C(C)(C)O2)cc1. The van der Waals surface area contributed by atoms with Crippen molar-refractivity contribution in [3.63, 3.8) is 0 Å². The standard InChI is InChI=1S/C17H25BO4/c1-15(2,3)14(19)20-13-10-8-12(9-11-13)18-21-16(4,5)17(6,7)22-18/h8-11H,1-7H3. The number of carbonyl (C=O) groups is 1. The Balaban J connectivity index is 2.09. The van der Waals surface area contributed by atoms with Gasteiger partial charge in [-0.2, -0.15) is 0 Å². The van der Waals surface area contributed by atoms with Gasteiger partial charge in [0.1, 0.15) is 5.75 Å². The molecular formula is C17H25BO4. The van der Waals surface area contributed by atoms with Gasteiger partial charge < -0.3 is 14.0 Å².